The Labute approximate surface area is 166 Å². The molecule has 0 bridgehead atoms. The van der Waals surface area contributed by atoms with Crippen LogP contribution in [0.2, 0.25) is 0 Å². The summed E-state index contributed by atoms with van der Waals surface area (Å²) in [6.07, 6.45) is 5.76. The molecule has 0 atom stereocenters. The monoisotopic (exact) mass is 397 g/mol. The number of nitrogens with zero attached hydrogens (tertiary/aromatic N) is 3. The highest BCUT2D eigenvalue weighted by atomic mass is 32.1. The van der Waals surface area contributed by atoms with Gasteiger partial charge in [-0.15, -0.1) is 11.3 Å². The Bertz CT molecular complexity index is 1040. The van der Waals surface area contributed by atoms with Crippen molar-refractivity contribution in [3.05, 3.63) is 79.7 Å². The number of benzene rings is 1. The molecule has 3 aromatic rings. The van der Waals surface area contributed by atoms with Crippen LogP contribution in [-0.4, -0.2) is 27.6 Å². The van der Waals surface area contributed by atoms with Crippen LogP contribution in [0.15, 0.2) is 48.7 Å². The Hall–Kier alpha value is -3.26. The van der Waals surface area contributed by atoms with Crippen LogP contribution in [0.3, 0.4) is 0 Å². The Balaban J connectivity index is 1.79. The fraction of sp³-hybridized carbons (Fsp3) is 0.200. The molecule has 2 heterocycles. The molecule has 0 aliphatic heterocycles. The molecule has 7 nitrogen and oxygen atoms in total. The van der Waals surface area contributed by atoms with Gasteiger partial charge in [0.2, 0.25) is 0 Å². The minimum Gasteiger partial charge on any atom is -0.496 e. The molecule has 0 radical (unpaired) electrons. The van der Waals surface area contributed by atoms with E-state index in [0.717, 1.165) is 17.5 Å². The first-order valence-corrected chi connectivity index (χ1v) is 9.47. The Kier molecular flexibility index (Phi) is 6.00. The van der Waals surface area contributed by atoms with Crippen molar-refractivity contribution in [1.29, 1.82) is 0 Å². The van der Waals surface area contributed by atoms with Crippen molar-refractivity contribution in [2.24, 2.45) is 0 Å². The number of nitro groups is 1. The van der Waals surface area contributed by atoms with Crippen molar-refractivity contribution in [1.82, 2.24) is 9.78 Å². The van der Waals surface area contributed by atoms with Gasteiger partial charge in [-0.25, -0.2) is 0 Å². The maximum absolute atomic E-state index is 12.3. The van der Waals surface area contributed by atoms with E-state index in [1.54, 1.807) is 31.5 Å². The minimum absolute atomic E-state index is 0.0373. The van der Waals surface area contributed by atoms with E-state index in [0.29, 0.717) is 17.2 Å². The van der Waals surface area contributed by atoms with Crippen LogP contribution in [-0.2, 0) is 13.0 Å². The molecule has 0 spiro atoms. The lowest BCUT2D eigenvalue weighted by Gasteiger charge is -2.08. The predicted molar refractivity (Wildman–Crippen MR) is 108 cm³/mol. The zero-order valence-electron chi connectivity index (χ0n) is 15.5. The second-order valence-corrected chi connectivity index (χ2v) is 7.19. The van der Waals surface area contributed by atoms with Gasteiger partial charge in [0, 0.05) is 10.4 Å². The molecule has 0 amide bonds. The van der Waals surface area contributed by atoms with Crippen LogP contribution in [0, 0.1) is 10.1 Å². The van der Waals surface area contributed by atoms with Gasteiger partial charge in [-0.3, -0.25) is 4.79 Å². The fourth-order valence-corrected chi connectivity index (χ4v) is 3.56. The summed E-state index contributed by atoms with van der Waals surface area (Å²) in [6, 6.07) is 10.7. The number of carbonyl (C=O) groups is 1. The third-order valence-electron chi connectivity index (χ3n) is 4.13. The molecule has 0 N–H and O–H groups in total. The lowest BCUT2D eigenvalue weighted by atomic mass is 10.1. The van der Waals surface area contributed by atoms with Crippen molar-refractivity contribution in [3.63, 3.8) is 0 Å². The highest BCUT2D eigenvalue weighted by Gasteiger charge is 2.13. The average molecular weight is 397 g/mol. The highest BCUT2D eigenvalue weighted by Crippen LogP contribution is 2.23. The summed E-state index contributed by atoms with van der Waals surface area (Å²) in [7, 11) is 1.56. The van der Waals surface area contributed by atoms with E-state index in [-0.39, 0.29) is 11.6 Å². The number of carbonyl (C=O) groups excluding carboxylic acids is 1. The molecule has 0 saturated heterocycles. The predicted octanol–water partition coefficient (Wildman–Crippen LogP) is 4.37. The van der Waals surface area contributed by atoms with Gasteiger partial charge in [0.1, 0.15) is 5.75 Å². The van der Waals surface area contributed by atoms with E-state index in [4.69, 9.17) is 4.74 Å². The quantitative estimate of drug-likeness (QED) is 0.244. The maximum atomic E-state index is 12.3. The van der Waals surface area contributed by atoms with Crippen molar-refractivity contribution >= 4 is 29.0 Å². The van der Waals surface area contributed by atoms with Gasteiger partial charge >= 0.3 is 5.82 Å². The van der Waals surface area contributed by atoms with Gasteiger partial charge in [0.25, 0.3) is 0 Å². The lowest BCUT2D eigenvalue weighted by molar-refractivity contribution is -0.389. The topological polar surface area (TPSA) is 87.3 Å². The Morgan fingerprint density at radius 3 is 2.79 bits per heavy atom. The first-order valence-electron chi connectivity index (χ1n) is 8.66. The molecule has 2 aromatic heterocycles. The number of ether oxygens (including phenoxy) is 1. The van der Waals surface area contributed by atoms with Crippen molar-refractivity contribution in [3.8, 4) is 5.75 Å². The summed E-state index contributed by atoms with van der Waals surface area (Å²) in [6.45, 7) is 2.38. The maximum Gasteiger partial charge on any atom is 0.389 e. The number of ketones is 1. The van der Waals surface area contributed by atoms with Crippen LogP contribution in [0.25, 0.3) is 6.08 Å². The first kappa shape index (κ1) is 19.5. The van der Waals surface area contributed by atoms with Crippen molar-refractivity contribution < 1.29 is 14.5 Å². The zero-order valence-corrected chi connectivity index (χ0v) is 16.3. The summed E-state index contributed by atoms with van der Waals surface area (Å²) in [5.74, 6) is 0.403. The normalized spacial score (nSPS) is 11.1. The summed E-state index contributed by atoms with van der Waals surface area (Å²) in [4.78, 5) is 24.5. The van der Waals surface area contributed by atoms with Crippen LogP contribution >= 0.6 is 11.3 Å². The van der Waals surface area contributed by atoms with E-state index in [1.807, 2.05) is 24.3 Å². The van der Waals surface area contributed by atoms with Gasteiger partial charge in [-0.2, -0.15) is 4.68 Å². The lowest BCUT2D eigenvalue weighted by Crippen LogP contribution is -2.03. The molecule has 8 heteroatoms. The van der Waals surface area contributed by atoms with Crippen molar-refractivity contribution in [2.75, 3.05) is 7.11 Å². The van der Waals surface area contributed by atoms with Gasteiger partial charge < -0.3 is 14.9 Å². The third kappa shape index (κ3) is 4.52. The summed E-state index contributed by atoms with van der Waals surface area (Å²) >= 11 is 1.50. The second kappa shape index (κ2) is 8.62. The number of aromatic nitrogens is 2. The zero-order chi connectivity index (χ0) is 20.1. The average Bonchev–Trinajstić information content (AvgIpc) is 3.36. The number of thiophene rings is 1. The molecule has 144 valence electrons. The van der Waals surface area contributed by atoms with Gasteiger partial charge in [0.05, 0.1) is 35.9 Å². The second-order valence-electron chi connectivity index (χ2n) is 6.02. The standard InChI is InChI=1S/C20H19N3O4S/c1-3-16-6-9-19(28-16)17(24)7-4-14-5-8-18(27-2)15(12-14)13-22-11-10-20(21-22)23(25)26/h4-12H,3,13H2,1-2H3/b7-4+. The van der Waals surface area contributed by atoms with Crippen molar-refractivity contribution in [2.45, 2.75) is 19.9 Å². The summed E-state index contributed by atoms with van der Waals surface area (Å²) < 4.78 is 6.85. The number of allylic oxidation sites excluding steroid dienone is 1. The van der Waals surface area contributed by atoms with E-state index in [1.165, 1.54) is 27.0 Å². The smallest absolute Gasteiger partial charge is 0.389 e. The van der Waals surface area contributed by atoms with Crippen LogP contribution < -0.4 is 4.74 Å². The number of hydrogen-bond donors (Lipinski definition) is 0. The molecule has 0 fully saturated rings. The minimum atomic E-state index is -0.535. The number of methoxy groups -OCH3 is 1. The number of aryl methyl sites for hydroxylation is 1. The molecule has 3 rings (SSSR count). The van der Waals surface area contributed by atoms with Crippen LogP contribution in [0.1, 0.15) is 32.6 Å². The van der Waals surface area contributed by atoms with E-state index < -0.39 is 4.92 Å². The highest BCUT2D eigenvalue weighted by molar-refractivity contribution is 7.14. The number of hydrogen-bond acceptors (Lipinski definition) is 6. The summed E-state index contributed by atoms with van der Waals surface area (Å²) in [5.41, 5.74) is 1.64. The van der Waals surface area contributed by atoms with Crippen LogP contribution in [0.5, 0.6) is 5.75 Å². The van der Waals surface area contributed by atoms with Gasteiger partial charge in [0.15, 0.2) is 5.78 Å². The van der Waals surface area contributed by atoms with Gasteiger partial charge in [-0.05, 0) is 47.2 Å². The molecule has 1 aromatic carbocycles. The van der Waals surface area contributed by atoms with E-state index >= 15 is 0 Å². The largest absolute Gasteiger partial charge is 0.496 e. The summed E-state index contributed by atoms with van der Waals surface area (Å²) in [5, 5.41) is 14.7. The molecule has 0 saturated carbocycles. The van der Waals surface area contributed by atoms with E-state index in [9.17, 15) is 14.9 Å². The molecule has 0 aliphatic carbocycles. The van der Waals surface area contributed by atoms with Gasteiger partial charge in [-0.1, -0.05) is 19.1 Å². The van der Waals surface area contributed by atoms with E-state index in [2.05, 4.69) is 12.0 Å². The third-order valence-corrected chi connectivity index (χ3v) is 5.37. The SMILES string of the molecule is CCc1ccc(C(=O)/C=C/c2ccc(OC)c(Cn3ccc([N+](=O)[O-])n3)c2)s1. The molecule has 28 heavy (non-hydrogen) atoms. The Morgan fingerprint density at radius 1 is 1.32 bits per heavy atom. The first-order chi connectivity index (χ1) is 13.5. The molecule has 0 aliphatic rings. The fourth-order valence-electron chi connectivity index (χ4n) is 2.69. The molecular formula is C20H19N3O4S. The number of rotatable bonds is 8. The molecule has 0 unspecified atom stereocenters. The Morgan fingerprint density at radius 2 is 2.14 bits per heavy atom. The van der Waals surface area contributed by atoms with Crippen LogP contribution in [0.4, 0.5) is 5.82 Å². The molecular weight excluding hydrogens is 378 g/mol.